The summed E-state index contributed by atoms with van der Waals surface area (Å²) >= 11 is 0. The van der Waals surface area contributed by atoms with Crippen molar-refractivity contribution in [1.82, 2.24) is 14.6 Å². The van der Waals surface area contributed by atoms with Crippen molar-refractivity contribution >= 4 is 23.0 Å². The van der Waals surface area contributed by atoms with Crippen molar-refractivity contribution in [2.75, 3.05) is 11.9 Å². The number of aromatic nitrogens is 3. The van der Waals surface area contributed by atoms with Crippen LogP contribution in [0.5, 0.6) is 0 Å². The molecule has 3 rings (SSSR count). The van der Waals surface area contributed by atoms with Gasteiger partial charge in [0.15, 0.2) is 5.65 Å². The average Bonchev–Trinajstić information content (AvgIpc) is 2.94. The van der Waals surface area contributed by atoms with Gasteiger partial charge in [0.1, 0.15) is 11.7 Å². The van der Waals surface area contributed by atoms with Crippen LogP contribution in [0.25, 0.3) is 5.65 Å². The van der Waals surface area contributed by atoms with E-state index in [9.17, 15) is 0 Å². The van der Waals surface area contributed by atoms with Gasteiger partial charge in [0.2, 0.25) is 0 Å². The third kappa shape index (κ3) is 2.07. The minimum absolute atomic E-state index is 0.0676. The number of hydrogen-bond donors (Lipinski definition) is 2. The third-order valence-corrected chi connectivity index (χ3v) is 3.15. The van der Waals surface area contributed by atoms with Crippen LogP contribution in [0.4, 0.5) is 11.5 Å². The molecule has 1 aromatic carbocycles. The predicted octanol–water partition coefficient (Wildman–Crippen LogP) is 1.78. The SMILES string of the molecule is CN(c1ccc(C(=N)N)cc1)c1ccn2nccc2n1. The van der Waals surface area contributed by atoms with Crippen LogP contribution in [0.15, 0.2) is 48.8 Å². The second kappa shape index (κ2) is 4.65. The molecule has 0 unspecified atom stereocenters. The zero-order valence-corrected chi connectivity index (χ0v) is 11.0. The number of nitrogens with zero attached hydrogens (tertiary/aromatic N) is 4. The van der Waals surface area contributed by atoms with E-state index in [1.54, 1.807) is 10.7 Å². The van der Waals surface area contributed by atoms with Gasteiger partial charge in [0.05, 0.1) is 6.20 Å². The van der Waals surface area contributed by atoms with Crippen molar-refractivity contribution in [2.45, 2.75) is 0 Å². The molecule has 20 heavy (non-hydrogen) atoms. The molecular formula is C14H14N6. The summed E-state index contributed by atoms with van der Waals surface area (Å²) in [5.74, 6) is 0.895. The van der Waals surface area contributed by atoms with Gasteiger partial charge >= 0.3 is 0 Å². The van der Waals surface area contributed by atoms with E-state index in [2.05, 4.69) is 10.1 Å². The van der Waals surface area contributed by atoms with Gasteiger partial charge in [-0.3, -0.25) is 5.41 Å². The number of anilines is 2. The first-order valence-electron chi connectivity index (χ1n) is 6.14. The Hall–Kier alpha value is -2.89. The maximum absolute atomic E-state index is 7.39. The van der Waals surface area contributed by atoms with Crippen LogP contribution >= 0.6 is 0 Å². The Labute approximate surface area is 116 Å². The molecule has 0 aliphatic heterocycles. The lowest BCUT2D eigenvalue weighted by atomic mass is 10.2. The van der Waals surface area contributed by atoms with E-state index >= 15 is 0 Å². The van der Waals surface area contributed by atoms with E-state index in [1.165, 1.54) is 0 Å². The van der Waals surface area contributed by atoms with Crippen LogP contribution in [0.3, 0.4) is 0 Å². The molecule has 0 saturated heterocycles. The second-order valence-electron chi connectivity index (χ2n) is 4.44. The molecule has 100 valence electrons. The zero-order valence-electron chi connectivity index (χ0n) is 11.0. The highest BCUT2D eigenvalue weighted by Gasteiger charge is 2.07. The van der Waals surface area contributed by atoms with E-state index in [0.717, 1.165) is 17.2 Å². The molecule has 3 N–H and O–H groups in total. The van der Waals surface area contributed by atoms with Gasteiger partial charge in [-0.15, -0.1) is 0 Å². The highest BCUT2D eigenvalue weighted by Crippen LogP contribution is 2.22. The lowest BCUT2D eigenvalue weighted by molar-refractivity contribution is 0.933. The number of nitrogens with one attached hydrogen (secondary N) is 1. The van der Waals surface area contributed by atoms with Gasteiger partial charge in [-0.25, -0.2) is 9.50 Å². The van der Waals surface area contributed by atoms with Gasteiger partial charge in [-0.1, -0.05) is 0 Å². The monoisotopic (exact) mass is 266 g/mol. The fourth-order valence-electron chi connectivity index (χ4n) is 1.99. The summed E-state index contributed by atoms with van der Waals surface area (Å²) in [4.78, 5) is 6.50. The van der Waals surface area contributed by atoms with Gasteiger partial charge in [-0.05, 0) is 30.3 Å². The molecule has 0 spiro atoms. The molecular weight excluding hydrogens is 252 g/mol. The first-order chi connectivity index (χ1) is 9.65. The third-order valence-electron chi connectivity index (χ3n) is 3.15. The van der Waals surface area contributed by atoms with Gasteiger partial charge in [0, 0.05) is 30.6 Å². The van der Waals surface area contributed by atoms with Crippen LogP contribution in [0.1, 0.15) is 5.56 Å². The van der Waals surface area contributed by atoms with Crippen molar-refractivity contribution in [3.8, 4) is 0 Å². The molecule has 2 heterocycles. The van der Waals surface area contributed by atoms with Crippen LogP contribution in [-0.2, 0) is 0 Å². The van der Waals surface area contributed by atoms with Crippen molar-refractivity contribution < 1.29 is 0 Å². The Kier molecular flexibility index (Phi) is 2.83. The molecule has 6 heteroatoms. The van der Waals surface area contributed by atoms with Crippen molar-refractivity contribution in [3.05, 3.63) is 54.4 Å². The fourth-order valence-corrected chi connectivity index (χ4v) is 1.99. The fraction of sp³-hybridized carbons (Fsp3) is 0.0714. The standard InChI is InChI=1S/C14H14N6/c1-19(11-4-2-10(3-5-11)14(15)16)12-7-9-20-13(18-12)6-8-17-20/h2-9H,1H3,(H3,15,16). The highest BCUT2D eigenvalue weighted by molar-refractivity contribution is 5.95. The first-order valence-corrected chi connectivity index (χ1v) is 6.14. The van der Waals surface area contributed by atoms with Crippen LogP contribution < -0.4 is 10.6 Å². The van der Waals surface area contributed by atoms with Crippen molar-refractivity contribution in [2.24, 2.45) is 5.73 Å². The zero-order chi connectivity index (χ0) is 14.1. The van der Waals surface area contributed by atoms with Crippen molar-refractivity contribution in [1.29, 1.82) is 5.41 Å². The number of amidine groups is 1. The molecule has 0 bridgehead atoms. The number of fused-ring (bicyclic) bond motifs is 1. The van der Waals surface area contributed by atoms with E-state index in [-0.39, 0.29) is 5.84 Å². The molecule has 2 aromatic heterocycles. The highest BCUT2D eigenvalue weighted by atomic mass is 15.3. The molecule has 0 fully saturated rings. The average molecular weight is 266 g/mol. The second-order valence-corrected chi connectivity index (χ2v) is 4.44. The van der Waals surface area contributed by atoms with Crippen LogP contribution in [0.2, 0.25) is 0 Å². The van der Waals surface area contributed by atoms with E-state index < -0.39 is 0 Å². The summed E-state index contributed by atoms with van der Waals surface area (Å²) in [7, 11) is 1.94. The number of rotatable bonds is 3. The minimum Gasteiger partial charge on any atom is -0.384 e. The first kappa shape index (κ1) is 12.2. The number of benzene rings is 1. The summed E-state index contributed by atoms with van der Waals surface area (Å²) < 4.78 is 1.72. The summed E-state index contributed by atoms with van der Waals surface area (Å²) in [5, 5.41) is 11.5. The molecule has 0 atom stereocenters. The normalized spacial score (nSPS) is 10.7. The maximum atomic E-state index is 7.39. The largest absolute Gasteiger partial charge is 0.384 e. The Morgan fingerprint density at radius 3 is 2.65 bits per heavy atom. The Bertz CT molecular complexity index is 759. The molecule has 0 aliphatic rings. The smallest absolute Gasteiger partial charge is 0.157 e. The lowest BCUT2D eigenvalue weighted by Crippen LogP contribution is -2.13. The number of nitrogens with two attached hydrogens (primary N) is 1. The molecule has 0 radical (unpaired) electrons. The predicted molar refractivity (Wildman–Crippen MR) is 78.5 cm³/mol. The quantitative estimate of drug-likeness (QED) is 0.559. The number of nitrogen functional groups attached to an aromatic ring is 1. The summed E-state index contributed by atoms with van der Waals surface area (Å²) in [6.07, 6.45) is 3.59. The Morgan fingerprint density at radius 2 is 1.95 bits per heavy atom. The Balaban J connectivity index is 1.94. The van der Waals surface area contributed by atoms with Crippen molar-refractivity contribution in [3.63, 3.8) is 0 Å². The summed E-state index contributed by atoms with van der Waals surface area (Å²) in [6, 6.07) is 11.2. The van der Waals surface area contributed by atoms with Gasteiger partial charge < -0.3 is 10.6 Å². The van der Waals surface area contributed by atoms with Crippen LogP contribution in [0, 0.1) is 5.41 Å². The van der Waals surface area contributed by atoms with E-state index in [4.69, 9.17) is 11.1 Å². The van der Waals surface area contributed by atoms with Crippen LogP contribution in [-0.4, -0.2) is 27.5 Å². The molecule has 0 saturated carbocycles. The molecule has 0 amide bonds. The topological polar surface area (TPSA) is 83.3 Å². The van der Waals surface area contributed by atoms with Gasteiger partial charge in [-0.2, -0.15) is 5.10 Å². The molecule has 6 nitrogen and oxygen atoms in total. The summed E-state index contributed by atoms with van der Waals surface area (Å²) in [6.45, 7) is 0. The molecule has 0 aliphatic carbocycles. The number of hydrogen-bond acceptors (Lipinski definition) is 4. The van der Waals surface area contributed by atoms with E-state index in [1.807, 2.05) is 54.5 Å². The summed E-state index contributed by atoms with van der Waals surface area (Å²) in [5.41, 5.74) is 7.94. The van der Waals surface area contributed by atoms with Gasteiger partial charge in [0.25, 0.3) is 0 Å². The molecule has 3 aromatic rings. The maximum Gasteiger partial charge on any atom is 0.157 e. The van der Waals surface area contributed by atoms with E-state index in [0.29, 0.717) is 5.56 Å². The lowest BCUT2D eigenvalue weighted by Gasteiger charge is -2.18. The Morgan fingerprint density at radius 1 is 1.20 bits per heavy atom. The minimum atomic E-state index is 0.0676.